The van der Waals surface area contributed by atoms with Crippen LogP contribution in [0, 0.1) is 0 Å². The summed E-state index contributed by atoms with van der Waals surface area (Å²) in [4.78, 5) is 11.4. The van der Waals surface area contributed by atoms with E-state index in [1.165, 1.54) is 14.2 Å². The highest BCUT2D eigenvalue weighted by Gasteiger charge is 2.48. The quantitative estimate of drug-likeness (QED) is 0.337. The van der Waals surface area contributed by atoms with Gasteiger partial charge in [-0.05, 0) is 59.8 Å². The van der Waals surface area contributed by atoms with E-state index >= 15 is 0 Å². The van der Waals surface area contributed by atoms with Gasteiger partial charge in [0.25, 0.3) is 0 Å². The number of ether oxygens (including phenoxy) is 4. The molecule has 1 fully saturated rings. The van der Waals surface area contributed by atoms with Crippen molar-refractivity contribution in [3.63, 3.8) is 0 Å². The maximum Gasteiger partial charge on any atom is 0.335 e. The van der Waals surface area contributed by atoms with Crippen LogP contribution in [0.1, 0.15) is 22.7 Å². The Labute approximate surface area is 200 Å². The van der Waals surface area contributed by atoms with Crippen LogP contribution in [-0.2, 0) is 22.4 Å². The summed E-state index contributed by atoms with van der Waals surface area (Å²) in [6, 6.07) is 5.18. The molecule has 0 bridgehead atoms. The van der Waals surface area contributed by atoms with E-state index in [1.54, 1.807) is 12.1 Å². The molecule has 1 aliphatic carbocycles. The fraction of sp³-hybridized carbons (Fsp3) is 0.458. The smallest absolute Gasteiger partial charge is 0.335 e. The Bertz CT molecular complexity index is 1170. The first-order chi connectivity index (χ1) is 16.7. The summed E-state index contributed by atoms with van der Waals surface area (Å²) in [5, 5.41) is 54.2. The fourth-order valence-corrected chi connectivity index (χ4v) is 5.16. The number of rotatable bonds is 5. The minimum atomic E-state index is -1.83. The molecule has 6 unspecified atom stereocenters. The van der Waals surface area contributed by atoms with Crippen molar-refractivity contribution >= 4 is 5.97 Å². The lowest BCUT2D eigenvalue weighted by atomic mass is 9.77. The standard InChI is InChI=1S/C24H27NO10/c1-32-13-8-11-10(5-12-16-9(3-4-25-12)6-15(33-2)18(26)17(11)16)7-14(13)34-24-21(29)19(27)20(28)22(35-24)23(30)31/h6-8,12,19-22,24-29H,3-5H2,1-2H3,(H,30,31). The summed E-state index contributed by atoms with van der Waals surface area (Å²) >= 11 is 0. The van der Waals surface area contributed by atoms with Crippen molar-refractivity contribution < 1.29 is 49.3 Å². The van der Waals surface area contributed by atoms with E-state index in [0.717, 1.165) is 35.2 Å². The molecule has 0 spiro atoms. The number of carboxylic acids is 1. The molecule has 5 rings (SSSR count). The molecule has 0 saturated carbocycles. The second-order valence-electron chi connectivity index (χ2n) is 8.85. The zero-order valence-corrected chi connectivity index (χ0v) is 19.1. The van der Waals surface area contributed by atoms with E-state index < -0.39 is 36.7 Å². The summed E-state index contributed by atoms with van der Waals surface area (Å²) in [5.41, 5.74) is 4.27. The largest absolute Gasteiger partial charge is 0.504 e. The molecule has 0 aromatic heterocycles. The highest BCUT2D eigenvalue weighted by Crippen LogP contribution is 2.52. The molecular weight excluding hydrogens is 462 g/mol. The van der Waals surface area contributed by atoms with E-state index in [2.05, 4.69) is 5.32 Å². The van der Waals surface area contributed by atoms with Crippen LogP contribution < -0.4 is 19.5 Å². The minimum Gasteiger partial charge on any atom is -0.504 e. The van der Waals surface area contributed by atoms with Gasteiger partial charge < -0.3 is 49.8 Å². The topological polar surface area (TPSA) is 167 Å². The number of methoxy groups -OCH3 is 2. The molecule has 6 atom stereocenters. The average molecular weight is 489 g/mol. The Morgan fingerprint density at radius 1 is 1.00 bits per heavy atom. The lowest BCUT2D eigenvalue weighted by Gasteiger charge is -2.39. The molecule has 2 heterocycles. The van der Waals surface area contributed by atoms with Crippen LogP contribution in [-0.4, -0.2) is 83.0 Å². The zero-order chi connectivity index (χ0) is 25.0. The third-order valence-corrected chi connectivity index (χ3v) is 6.88. The van der Waals surface area contributed by atoms with Gasteiger partial charge in [-0.25, -0.2) is 4.79 Å². The zero-order valence-electron chi connectivity index (χ0n) is 19.1. The highest BCUT2D eigenvalue weighted by atomic mass is 16.7. The maximum atomic E-state index is 11.4. The van der Waals surface area contributed by atoms with Crippen LogP contribution in [0.15, 0.2) is 18.2 Å². The number of aliphatic hydroxyl groups is 3. The number of benzene rings is 2. The van der Waals surface area contributed by atoms with E-state index in [-0.39, 0.29) is 23.3 Å². The highest BCUT2D eigenvalue weighted by molar-refractivity contribution is 5.84. The number of hydrogen-bond donors (Lipinski definition) is 6. The molecule has 0 amide bonds. The first-order valence-electron chi connectivity index (χ1n) is 11.2. The molecular formula is C24H27NO10. The molecule has 6 N–H and O–H groups in total. The Morgan fingerprint density at radius 3 is 2.40 bits per heavy atom. The van der Waals surface area contributed by atoms with Crippen LogP contribution in [0.4, 0.5) is 0 Å². The summed E-state index contributed by atoms with van der Waals surface area (Å²) < 4.78 is 21.9. The molecule has 1 saturated heterocycles. The number of carboxylic acid groups (broad SMARTS) is 1. The van der Waals surface area contributed by atoms with E-state index in [9.17, 15) is 30.3 Å². The lowest BCUT2D eigenvalue weighted by Crippen LogP contribution is -2.61. The van der Waals surface area contributed by atoms with Crippen molar-refractivity contribution in [2.24, 2.45) is 0 Å². The first-order valence-corrected chi connectivity index (χ1v) is 11.2. The molecule has 2 aromatic carbocycles. The summed E-state index contributed by atoms with van der Waals surface area (Å²) in [5.74, 6) is -0.730. The molecule has 11 nitrogen and oxygen atoms in total. The molecule has 0 radical (unpaired) electrons. The van der Waals surface area contributed by atoms with E-state index in [1.807, 2.05) is 6.07 Å². The number of fused-ring (bicyclic) bond motifs is 2. The normalized spacial score (nSPS) is 29.1. The molecule has 2 aromatic rings. The Kier molecular flexibility index (Phi) is 5.98. The monoisotopic (exact) mass is 489 g/mol. The number of hydrogen-bond acceptors (Lipinski definition) is 10. The fourth-order valence-electron chi connectivity index (χ4n) is 5.16. The second kappa shape index (κ2) is 8.85. The van der Waals surface area contributed by atoms with Gasteiger partial charge in [0.15, 0.2) is 29.1 Å². The van der Waals surface area contributed by atoms with Gasteiger partial charge in [-0.15, -0.1) is 0 Å². The van der Waals surface area contributed by atoms with Crippen molar-refractivity contribution in [2.75, 3.05) is 20.8 Å². The van der Waals surface area contributed by atoms with Gasteiger partial charge in [0.1, 0.15) is 18.3 Å². The van der Waals surface area contributed by atoms with Gasteiger partial charge in [0, 0.05) is 11.6 Å². The number of phenols is 1. The van der Waals surface area contributed by atoms with Crippen molar-refractivity contribution in [3.05, 3.63) is 34.9 Å². The molecule has 188 valence electrons. The maximum absolute atomic E-state index is 11.4. The van der Waals surface area contributed by atoms with Crippen LogP contribution >= 0.6 is 0 Å². The van der Waals surface area contributed by atoms with Gasteiger partial charge in [0.2, 0.25) is 6.29 Å². The Morgan fingerprint density at radius 2 is 1.71 bits per heavy atom. The van der Waals surface area contributed by atoms with Crippen LogP contribution in [0.2, 0.25) is 0 Å². The summed E-state index contributed by atoms with van der Waals surface area (Å²) in [7, 11) is 2.92. The Balaban J connectivity index is 1.57. The van der Waals surface area contributed by atoms with Gasteiger partial charge in [-0.1, -0.05) is 0 Å². The third kappa shape index (κ3) is 3.76. The average Bonchev–Trinajstić information content (AvgIpc) is 2.84. The van der Waals surface area contributed by atoms with Gasteiger partial charge in [0.05, 0.1) is 14.2 Å². The second-order valence-corrected chi connectivity index (χ2v) is 8.85. The SMILES string of the molecule is COc1cc2c(cc1OC1OC(C(=O)O)C(O)C(O)C1O)CC1NCCc3cc(OC)c(O)c-2c31. The van der Waals surface area contributed by atoms with Crippen LogP contribution in [0.25, 0.3) is 11.1 Å². The van der Waals surface area contributed by atoms with Crippen LogP contribution in [0.5, 0.6) is 23.0 Å². The number of aliphatic carboxylic acids is 1. The lowest BCUT2D eigenvalue weighted by molar-refractivity contribution is -0.271. The number of carbonyl (C=O) groups is 1. The van der Waals surface area contributed by atoms with E-state index in [0.29, 0.717) is 17.7 Å². The predicted octanol–water partition coefficient (Wildman–Crippen LogP) is 0.0903. The predicted molar refractivity (Wildman–Crippen MR) is 120 cm³/mol. The van der Waals surface area contributed by atoms with Crippen molar-refractivity contribution in [2.45, 2.75) is 49.6 Å². The third-order valence-electron chi connectivity index (χ3n) is 6.88. The number of aromatic hydroxyl groups is 1. The summed E-state index contributed by atoms with van der Waals surface area (Å²) in [6.07, 6.45) is -7.33. The number of nitrogens with one attached hydrogen (secondary N) is 1. The van der Waals surface area contributed by atoms with Gasteiger partial charge in [-0.2, -0.15) is 0 Å². The molecule has 3 aliphatic rings. The van der Waals surface area contributed by atoms with Crippen molar-refractivity contribution in [1.29, 1.82) is 0 Å². The molecule has 35 heavy (non-hydrogen) atoms. The number of aliphatic hydroxyl groups excluding tert-OH is 3. The number of phenolic OH excluding ortho intramolecular Hbond substituents is 1. The Hall–Kier alpha value is -3.09. The van der Waals surface area contributed by atoms with Gasteiger partial charge >= 0.3 is 5.97 Å². The van der Waals surface area contributed by atoms with Crippen molar-refractivity contribution in [1.82, 2.24) is 5.32 Å². The molecule has 11 heteroatoms. The van der Waals surface area contributed by atoms with Crippen molar-refractivity contribution in [3.8, 4) is 34.1 Å². The molecule has 2 aliphatic heterocycles. The first kappa shape index (κ1) is 23.6. The van der Waals surface area contributed by atoms with E-state index in [4.69, 9.17) is 18.9 Å². The minimum absolute atomic E-state index is 0.0177. The van der Waals surface area contributed by atoms with Crippen LogP contribution in [0.3, 0.4) is 0 Å². The summed E-state index contributed by atoms with van der Waals surface area (Å²) in [6.45, 7) is 0.763. The van der Waals surface area contributed by atoms with Gasteiger partial charge in [-0.3, -0.25) is 0 Å².